The van der Waals surface area contributed by atoms with E-state index in [1.54, 1.807) is 0 Å². The molecule has 0 spiro atoms. The quantitative estimate of drug-likeness (QED) is 0.193. The predicted octanol–water partition coefficient (Wildman–Crippen LogP) is 7.36. The zero-order valence-corrected chi connectivity index (χ0v) is 19.3. The van der Waals surface area contributed by atoms with Crippen molar-refractivity contribution < 1.29 is 14.6 Å². The van der Waals surface area contributed by atoms with Crippen LogP contribution in [0, 0.1) is 0 Å². The molecule has 0 aliphatic heterocycles. The lowest BCUT2D eigenvalue weighted by atomic mass is 9.94. The Morgan fingerprint density at radius 1 is 0.690 bits per heavy atom. The van der Waals surface area contributed by atoms with Gasteiger partial charge < -0.3 is 14.6 Å². The molecular formula is C26H46O3. The third-order valence-corrected chi connectivity index (χ3v) is 5.57. The third kappa shape index (κ3) is 10.1. The van der Waals surface area contributed by atoms with Crippen LogP contribution in [0.25, 0.3) is 0 Å². The Labute approximate surface area is 180 Å². The largest absolute Gasteiger partial charge is 0.387 e. The van der Waals surface area contributed by atoms with E-state index >= 15 is 0 Å². The van der Waals surface area contributed by atoms with Gasteiger partial charge in [0.05, 0.1) is 13.2 Å². The molecule has 3 heteroatoms. The van der Waals surface area contributed by atoms with Crippen molar-refractivity contribution in [1.29, 1.82) is 0 Å². The van der Waals surface area contributed by atoms with Gasteiger partial charge in [0.15, 0.2) is 0 Å². The Balaban J connectivity index is 2.85. The van der Waals surface area contributed by atoms with Crippen LogP contribution in [0.2, 0.25) is 0 Å². The fourth-order valence-corrected chi connectivity index (χ4v) is 3.72. The van der Waals surface area contributed by atoms with Gasteiger partial charge in [0.1, 0.15) is 6.10 Å². The summed E-state index contributed by atoms with van der Waals surface area (Å²) in [5.74, 6) is -1.05. The number of benzene rings is 1. The molecule has 0 amide bonds. The highest BCUT2D eigenvalue weighted by Crippen LogP contribution is 2.34. The number of rotatable bonds is 19. The van der Waals surface area contributed by atoms with Crippen LogP contribution in [-0.4, -0.2) is 24.4 Å². The molecule has 1 aromatic carbocycles. The van der Waals surface area contributed by atoms with Gasteiger partial charge in [-0.3, -0.25) is 0 Å². The van der Waals surface area contributed by atoms with Crippen LogP contribution < -0.4 is 0 Å². The van der Waals surface area contributed by atoms with Gasteiger partial charge in [0.2, 0.25) is 5.79 Å². The first-order valence-electron chi connectivity index (χ1n) is 12.2. The maximum atomic E-state index is 11.3. The van der Waals surface area contributed by atoms with Crippen LogP contribution in [0.1, 0.15) is 110 Å². The Hall–Kier alpha value is -0.900. The van der Waals surface area contributed by atoms with E-state index in [0.29, 0.717) is 19.6 Å². The molecule has 1 rings (SSSR count). The standard InChI is InChI=1S/C26H46O3/c1-4-7-10-11-12-16-21-25(27)26(28-22-17-8-5-2,29-23-18-9-6-3)24-19-14-13-15-20-24/h13-15,19-20,25,27H,4-12,16-18,21-23H2,1-3H3. The molecular weight excluding hydrogens is 360 g/mol. The predicted molar refractivity (Wildman–Crippen MR) is 123 cm³/mol. The summed E-state index contributed by atoms with van der Waals surface area (Å²) in [6.07, 6.45) is 13.9. The summed E-state index contributed by atoms with van der Waals surface area (Å²) in [7, 11) is 0. The van der Waals surface area contributed by atoms with Crippen LogP contribution >= 0.6 is 0 Å². The monoisotopic (exact) mass is 406 g/mol. The van der Waals surface area contributed by atoms with Crippen molar-refractivity contribution in [3.8, 4) is 0 Å². The second-order valence-corrected chi connectivity index (χ2v) is 8.22. The lowest BCUT2D eigenvalue weighted by molar-refractivity contribution is -0.296. The van der Waals surface area contributed by atoms with E-state index in [1.165, 1.54) is 25.7 Å². The summed E-state index contributed by atoms with van der Waals surface area (Å²) in [4.78, 5) is 0. The molecule has 0 saturated heterocycles. The molecule has 1 atom stereocenters. The third-order valence-electron chi connectivity index (χ3n) is 5.57. The van der Waals surface area contributed by atoms with Gasteiger partial charge in [-0.05, 0) is 19.3 Å². The van der Waals surface area contributed by atoms with Crippen molar-refractivity contribution in [2.75, 3.05) is 13.2 Å². The van der Waals surface area contributed by atoms with Crippen molar-refractivity contribution >= 4 is 0 Å². The Kier molecular flexibility index (Phi) is 15.2. The van der Waals surface area contributed by atoms with E-state index in [-0.39, 0.29) is 0 Å². The number of hydrogen-bond donors (Lipinski definition) is 1. The topological polar surface area (TPSA) is 38.7 Å². The van der Waals surface area contributed by atoms with Gasteiger partial charge in [-0.1, -0.05) is 115 Å². The SMILES string of the molecule is CCCCCCCCC(O)C(OCCCCC)(OCCCCC)c1ccccc1. The number of aliphatic hydroxyl groups excluding tert-OH is 1. The highest BCUT2D eigenvalue weighted by molar-refractivity contribution is 5.22. The van der Waals surface area contributed by atoms with Crippen LogP contribution in [0.3, 0.4) is 0 Å². The molecule has 0 aliphatic rings. The van der Waals surface area contributed by atoms with Crippen molar-refractivity contribution in [3.05, 3.63) is 35.9 Å². The molecule has 0 heterocycles. The average molecular weight is 407 g/mol. The first-order chi connectivity index (χ1) is 14.2. The molecule has 0 radical (unpaired) electrons. The lowest BCUT2D eigenvalue weighted by Gasteiger charge is -2.38. The van der Waals surface area contributed by atoms with Crippen molar-refractivity contribution in [3.63, 3.8) is 0 Å². The smallest absolute Gasteiger partial charge is 0.221 e. The molecule has 1 N–H and O–H groups in total. The van der Waals surface area contributed by atoms with Gasteiger partial charge >= 0.3 is 0 Å². The second kappa shape index (κ2) is 16.8. The van der Waals surface area contributed by atoms with E-state index in [0.717, 1.165) is 56.9 Å². The average Bonchev–Trinajstić information content (AvgIpc) is 2.75. The van der Waals surface area contributed by atoms with Crippen molar-refractivity contribution in [2.24, 2.45) is 0 Å². The van der Waals surface area contributed by atoms with Crippen LogP contribution in [0.15, 0.2) is 30.3 Å². The summed E-state index contributed by atoms with van der Waals surface area (Å²) < 4.78 is 12.8. The minimum atomic E-state index is -1.05. The van der Waals surface area contributed by atoms with Crippen LogP contribution in [-0.2, 0) is 15.3 Å². The zero-order chi connectivity index (χ0) is 21.2. The van der Waals surface area contributed by atoms with E-state index in [4.69, 9.17) is 9.47 Å². The first kappa shape index (κ1) is 26.1. The molecule has 3 nitrogen and oxygen atoms in total. The Morgan fingerprint density at radius 2 is 1.17 bits per heavy atom. The normalized spacial score (nSPS) is 13.0. The minimum Gasteiger partial charge on any atom is -0.387 e. The molecule has 0 fully saturated rings. The van der Waals surface area contributed by atoms with E-state index in [2.05, 4.69) is 20.8 Å². The lowest BCUT2D eigenvalue weighted by Crippen LogP contribution is -2.45. The fraction of sp³-hybridized carbons (Fsp3) is 0.769. The van der Waals surface area contributed by atoms with E-state index in [1.807, 2.05) is 30.3 Å². The number of aliphatic hydroxyl groups is 1. The summed E-state index contributed by atoms with van der Waals surface area (Å²) in [5, 5.41) is 11.3. The molecule has 0 bridgehead atoms. The summed E-state index contributed by atoms with van der Waals surface area (Å²) in [6, 6.07) is 10.1. The van der Waals surface area contributed by atoms with Gasteiger partial charge in [0.25, 0.3) is 0 Å². The molecule has 1 aromatic rings. The van der Waals surface area contributed by atoms with Gasteiger partial charge in [-0.15, -0.1) is 0 Å². The summed E-state index contributed by atoms with van der Waals surface area (Å²) in [5.41, 5.74) is 0.937. The first-order valence-corrected chi connectivity index (χ1v) is 12.2. The van der Waals surface area contributed by atoms with E-state index < -0.39 is 11.9 Å². The maximum absolute atomic E-state index is 11.3. The molecule has 29 heavy (non-hydrogen) atoms. The van der Waals surface area contributed by atoms with Gasteiger partial charge in [0, 0.05) is 5.56 Å². The Morgan fingerprint density at radius 3 is 1.72 bits per heavy atom. The van der Waals surface area contributed by atoms with Crippen molar-refractivity contribution in [1.82, 2.24) is 0 Å². The summed E-state index contributed by atoms with van der Waals surface area (Å²) >= 11 is 0. The highest BCUT2D eigenvalue weighted by atomic mass is 16.7. The van der Waals surface area contributed by atoms with Gasteiger partial charge in [-0.2, -0.15) is 0 Å². The minimum absolute atomic E-state index is 0.615. The molecule has 0 saturated carbocycles. The van der Waals surface area contributed by atoms with Crippen molar-refractivity contribution in [2.45, 2.75) is 116 Å². The second-order valence-electron chi connectivity index (χ2n) is 8.22. The Bertz CT molecular complexity index is 462. The van der Waals surface area contributed by atoms with Crippen LogP contribution in [0.5, 0.6) is 0 Å². The maximum Gasteiger partial charge on any atom is 0.221 e. The molecule has 0 aliphatic carbocycles. The zero-order valence-electron chi connectivity index (χ0n) is 19.3. The molecule has 168 valence electrons. The molecule has 0 aromatic heterocycles. The van der Waals surface area contributed by atoms with Crippen LogP contribution in [0.4, 0.5) is 0 Å². The number of hydrogen-bond acceptors (Lipinski definition) is 3. The highest BCUT2D eigenvalue weighted by Gasteiger charge is 2.41. The summed E-state index contributed by atoms with van der Waals surface area (Å²) in [6.45, 7) is 7.86. The fourth-order valence-electron chi connectivity index (χ4n) is 3.72. The molecule has 1 unspecified atom stereocenters. The number of unbranched alkanes of at least 4 members (excludes halogenated alkanes) is 9. The van der Waals surface area contributed by atoms with Gasteiger partial charge in [-0.25, -0.2) is 0 Å². The number of ether oxygens (including phenoxy) is 2. The van der Waals surface area contributed by atoms with E-state index in [9.17, 15) is 5.11 Å².